The van der Waals surface area contributed by atoms with Crippen LogP contribution in [0.1, 0.15) is 91.6 Å². The Kier molecular flexibility index (Phi) is 8.20. The van der Waals surface area contributed by atoms with Crippen LogP contribution in [0.2, 0.25) is 0 Å². The molecule has 3 heterocycles. The lowest BCUT2D eigenvalue weighted by Gasteiger charge is -2.35. The number of nitrogens with one attached hydrogen (secondary N) is 1. The quantitative estimate of drug-likeness (QED) is 0.479. The highest BCUT2D eigenvalue weighted by Gasteiger charge is 2.27. The molecule has 0 unspecified atom stereocenters. The molecular formula is C33H45N3O2. The highest BCUT2D eigenvalue weighted by atomic mass is 16.5. The second kappa shape index (κ2) is 12.1. The minimum absolute atomic E-state index is 0.0946. The first-order chi connectivity index (χ1) is 18.7. The molecule has 2 aromatic carbocycles. The number of carbonyl (C=O) groups is 1. The summed E-state index contributed by atoms with van der Waals surface area (Å²) in [5.74, 6) is 2.72. The molecule has 1 saturated carbocycles. The molecule has 38 heavy (non-hydrogen) atoms. The number of amides is 1. The van der Waals surface area contributed by atoms with Gasteiger partial charge in [-0.05, 0) is 132 Å². The molecule has 1 aliphatic carbocycles. The van der Waals surface area contributed by atoms with E-state index < -0.39 is 0 Å². The van der Waals surface area contributed by atoms with Crippen molar-refractivity contribution in [2.75, 3.05) is 44.2 Å². The van der Waals surface area contributed by atoms with Crippen LogP contribution in [0, 0.1) is 5.92 Å². The van der Waals surface area contributed by atoms with E-state index >= 15 is 0 Å². The van der Waals surface area contributed by atoms with Gasteiger partial charge in [0, 0.05) is 42.4 Å². The zero-order valence-electron chi connectivity index (χ0n) is 23.0. The van der Waals surface area contributed by atoms with Gasteiger partial charge in [0.05, 0.1) is 6.61 Å². The van der Waals surface area contributed by atoms with Crippen LogP contribution < -0.4 is 15.0 Å². The summed E-state index contributed by atoms with van der Waals surface area (Å²) in [7, 11) is 0. The minimum Gasteiger partial charge on any atom is -0.493 e. The molecule has 2 aromatic rings. The molecule has 0 aromatic heterocycles. The molecule has 0 spiro atoms. The van der Waals surface area contributed by atoms with Crippen LogP contribution in [0.5, 0.6) is 5.75 Å². The summed E-state index contributed by atoms with van der Waals surface area (Å²) in [6.07, 6.45) is 13.5. The summed E-state index contributed by atoms with van der Waals surface area (Å²) < 4.78 is 5.80. The van der Waals surface area contributed by atoms with Gasteiger partial charge in [-0.25, -0.2) is 0 Å². The molecule has 0 bridgehead atoms. The van der Waals surface area contributed by atoms with Crippen molar-refractivity contribution in [3.63, 3.8) is 0 Å². The molecule has 3 fully saturated rings. The third-order valence-corrected chi connectivity index (χ3v) is 9.69. The van der Waals surface area contributed by atoms with Crippen molar-refractivity contribution in [3.8, 4) is 5.75 Å². The van der Waals surface area contributed by atoms with Crippen LogP contribution >= 0.6 is 0 Å². The molecule has 3 aliphatic heterocycles. The van der Waals surface area contributed by atoms with Gasteiger partial charge in [-0.3, -0.25) is 4.79 Å². The van der Waals surface area contributed by atoms with Crippen molar-refractivity contribution in [1.29, 1.82) is 0 Å². The number of benzene rings is 2. The van der Waals surface area contributed by atoms with E-state index in [9.17, 15) is 4.79 Å². The predicted molar refractivity (Wildman–Crippen MR) is 154 cm³/mol. The highest BCUT2D eigenvalue weighted by molar-refractivity contribution is 5.94. The molecule has 5 nitrogen and oxygen atoms in total. The van der Waals surface area contributed by atoms with Gasteiger partial charge in [-0.15, -0.1) is 0 Å². The van der Waals surface area contributed by atoms with Gasteiger partial charge in [-0.2, -0.15) is 0 Å². The van der Waals surface area contributed by atoms with Gasteiger partial charge in [0.15, 0.2) is 0 Å². The number of ether oxygens (including phenoxy) is 1. The van der Waals surface area contributed by atoms with Crippen molar-refractivity contribution < 1.29 is 9.53 Å². The summed E-state index contributed by atoms with van der Waals surface area (Å²) >= 11 is 0. The highest BCUT2D eigenvalue weighted by Crippen LogP contribution is 2.37. The zero-order chi connectivity index (χ0) is 25.7. The van der Waals surface area contributed by atoms with E-state index in [0.717, 1.165) is 56.2 Å². The fraction of sp³-hybridized carbons (Fsp3) is 0.606. The molecule has 6 rings (SSSR count). The molecule has 2 saturated heterocycles. The minimum atomic E-state index is 0.0946. The first kappa shape index (κ1) is 25.7. The predicted octanol–water partition coefficient (Wildman–Crippen LogP) is 6.17. The first-order valence-electron chi connectivity index (χ1n) is 15.4. The second-order valence-electron chi connectivity index (χ2n) is 12.1. The van der Waals surface area contributed by atoms with Crippen molar-refractivity contribution in [3.05, 3.63) is 59.2 Å². The maximum atomic E-state index is 12.9. The Bertz CT molecular complexity index is 1060. The van der Waals surface area contributed by atoms with Crippen LogP contribution in [0.25, 0.3) is 0 Å². The number of piperidine rings is 2. The Morgan fingerprint density at radius 1 is 0.868 bits per heavy atom. The molecule has 0 atom stereocenters. The fourth-order valence-corrected chi connectivity index (χ4v) is 7.30. The lowest BCUT2D eigenvalue weighted by molar-refractivity contribution is 0.0919. The molecule has 0 radical (unpaired) electrons. The summed E-state index contributed by atoms with van der Waals surface area (Å²) in [6, 6.07) is 15.2. The number of rotatable bonds is 7. The topological polar surface area (TPSA) is 44.8 Å². The van der Waals surface area contributed by atoms with Crippen LogP contribution in [0.3, 0.4) is 0 Å². The first-order valence-corrected chi connectivity index (χ1v) is 15.4. The Hall–Kier alpha value is -2.53. The average Bonchev–Trinajstić information content (AvgIpc) is 3.47. The molecule has 1 amide bonds. The van der Waals surface area contributed by atoms with E-state index in [1.807, 2.05) is 12.1 Å². The normalized spacial score (nSPS) is 24.6. The van der Waals surface area contributed by atoms with Gasteiger partial charge in [0.2, 0.25) is 0 Å². The maximum absolute atomic E-state index is 12.9. The van der Waals surface area contributed by atoms with Crippen LogP contribution in [-0.2, 0) is 6.42 Å². The molecular weight excluding hydrogens is 470 g/mol. The van der Waals surface area contributed by atoms with E-state index in [0.29, 0.717) is 12.0 Å². The van der Waals surface area contributed by atoms with Gasteiger partial charge in [0.1, 0.15) is 5.75 Å². The van der Waals surface area contributed by atoms with Crippen LogP contribution in [0.15, 0.2) is 42.5 Å². The molecule has 4 aliphatic rings. The SMILES string of the molecule is O=C(N[C@H]1CC[C@H](CCN2CCC(c3cccc4c3CCO4)CC2)CC1)c1ccc(N2CCCCC2)cc1. The van der Waals surface area contributed by atoms with Gasteiger partial charge >= 0.3 is 0 Å². The number of hydrogen-bond acceptors (Lipinski definition) is 4. The summed E-state index contributed by atoms with van der Waals surface area (Å²) in [6.45, 7) is 6.79. The number of hydrogen-bond donors (Lipinski definition) is 1. The van der Waals surface area contributed by atoms with E-state index in [2.05, 4.69) is 45.4 Å². The number of carbonyl (C=O) groups excluding carboxylic acids is 1. The van der Waals surface area contributed by atoms with Crippen LogP contribution in [0.4, 0.5) is 5.69 Å². The second-order valence-corrected chi connectivity index (χ2v) is 12.1. The lowest BCUT2D eigenvalue weighted by Crippen LogP contribution is -2.38. The van der Waals surface area contributed by atoms with Gasteiger partial charge < -0.3 is 19.9 Å². The van der Waals surface area contributed by atoms with Crippen molar-refractivity contribution in [2.24, 2.45) is 5.92 Å². The number of anilines is 1. The Balaban J connectivity index is 0.898. The monoisotopic (exact) mass is 515 g/mol. The third-order valence-electron chi connectivity index (χ3n) is 9.69. The molecule has 5 heteroatoms. The number of fused-ring (bicyclic) bond motifs is 1. The summed E-state index contributed by atoms with van der Waals surface area (Å²) in [4.78, 5) is 18.0. The standard InChI is InChI=1S/C33H45N3O2/c37-33(27-9-13-29(14-10-27)36-19-2-1-3-20-36)34-28-11-7-25(8-12-28)15-21-35-22-16-26(17-23-35)30-5-4-6-32-31(30)18-24-38-32/h4-6,9-10,13-14,25-26,28H,1-3,7-8,11-12,15-24H2,(H,34,37)/t25-,28-. The van der Waals surface area contributed by atoms with Gasteiger partial charge in [-0.1, -0.05) is 12.1 Å². The van der Waals surface area contributed by atoms with E-state index in [4.69, 9.17) is 4.74 Å². The van der Waals surface area contributed by atoms with Gasteiger partial charge in [0.25, 0.3) is 5.91 Å². The maximum Gasteiger partial charge on any atom is 0.251 e. The number of likely N-dealkylation sites (tertiary alicyclic amines) is 1. The smallest absolute Gasteiger partial charge is 0.251 e. The van der Waals surface area contributed by atoms with E-state index in [1.54, 1.807) is 5.56 Å². The third kappa shape index (κ3) is 6.03. The summed E-state index contributed by atoms with van der Waals surface area (Å²) in [5.41, 5.74) is 5.08. The molecule has 204 valence electrons. The lowest BCUT2D eigenvalue weighted by atomic mass is 9.83. The van der Waals surface area contributed by atoms with Crippen molar-refractivity contribution in [1.82, 2.24) is 10.2 Å². The Morgan fingerprint density at radius 3 is 2.39 bits per heavy atom. The average molecular weight is 516 g/mol. The van der Waals surface area contributed by atoms with E-state index in [-0.39, 0.29) is 5.91 Å². The zero-order valence-corrected chi connectivity index (χ0v) is 23.0. The molecule has 1 N–H and O–H groups in total. The Morgan fingerprint density at radius 2 is 1.63 bits per heavy atom. The number of nitrogens with zero attached hydrogens (tertiary/aromatic N) is 2. The largest absolute Gasteiger partial charge is 0.493 e. The van der Waals surface area contributed by atoms with E-state index in [1.165, 1.54) is 82.3 Å². The Labute approximate surface area is 228 Å². The fourth-order valence-electron chi connectivity index (χ4n) is 7.30. The van der Waals surface area contributed by atoms with Crippen molar-refractivity contribution in [2.45, 2.75) is 82.6 Å². The summed E-state index contributed by atoms with van der Waals surface area (Å²) in [5, 5.41) is 3.33. The van der Waals surface area contributed by atoms with Crippen LogP contribution in [-0.4, -0.2) is 56.2 Å². The van der Waals surface area contributed by atoms with Crippen molar-refractivity contribution >= 4 is 11.6 Å².